The zero-order valence-electron chi connectivity index (χ0n) is 12.0. The van der Waals surface area contributed by atoms with Gasteiger partial charge in [-0.05, 0) is 49.3 Å². The molecule has 1 N–H and O–H groups in total. The van der Waals surface area contributed by atoms with E-state index < -0.39 is 9.84 Å². The number of hydrogen-bond acceptors (Lipinski definition) is 4. The fraction of sp³-hybridized carbons (Fsp3) is 0.600. The van der Waals surface area contributed by atoms with Gasteiger partial charge in [-0.25, -0.2) is 8.42 Å². The van der Waals surface area contributed by atoms with Crippen molar-refractivity contribution in [3.8, 4) is 0 Å². The van der Waals surface area contributed by atoms with Gasteiger partial charge in [0.2, 0.25) is 0 Å². The third-order valence-corrected chi connectivity index (χ3v) is 6.83. The molecule has 0 amide bonds. The maximum atomic E-state index is 11.9. The molecule has 1 unspecified atom stereocenters. The minimum Gasteiger partial charge on any atom is -0.384 e. The van der Waals surface area contributed by atoms with E-state index in [-0.39, 0.29) is 5.75 Å². The van der Waals surface area contributed by atoms with Gasteiger partial charge in [-0.3, -0.25) is 0 Å². The van der Waals surface area contributed by atoms with Gasteiger partial charge in [0.25, 0.3) is 0 Å². The summed E-state index contributed by atoms with van der Waals surface area (Å²) in [6, 6.07) is 7.16. The van der Waals surface area contributed by atoms with Crippen molar-refractivity contribution < 1.29 is 8.42 Å². The molecule has 1 aromatic carbocycles. The predicted molar refractivity (Wildman–Crippen MR) is 87.4 cm³/mol. The number of anilines is 1. The molecule has 1 fully saturated rings. The maximum Gasteiger partial charge on any atom is 0.178 e. The normalized spacial score (nSPS) is 19.8. The van der Waals surface area contributed by atoms with Crippen LogP contribution in [0.4, 0.5) is 5.69 Å². The van der Waals surface area contributed by atoms with Crippen molar-refractivity contribution in [1.82, 2.24) is 0 Å². The first kappa shape index (κ1) is 15.7. The summed E-state index contributed by atoms with van der Waals surface area (Å²) >= 11 is 2.04. The Labute approximate surface area is 126 Å². The molecule has 2 rings (SSSR count). The summed E-state index contributed by atoms with van der Waals surface area (Å²) in [6.07, 6.45) is 4.60. The summed E-state index contributed by atoms with van der Waals surface area (Å²) in [5, 5.41) is 4.10. The van der Waals surface area contributed by atoms with Crippen molar-refractivity contribution >= 4 is 27.3 Å². The third-order valence-electron chi connectivity index (χ3n) is 3.49. The number of rotatable bonds is 6. The zero-order valence-corrected chi connectivity index (χ0v) is 13.6. The van der Waals surface area contributed by atoms with Crippen LogP contribution in [0.1, 0.15) is 32.6 Å². The molecular weight excluding hydrogens is 290 g/mol. The SMILES string of the molecule is CCCS(=O)(=O)c1ccc(NCC2CCCCS2)cc1. The Hall–Kier alpha value is -0.680. The molecule has 1 aliphatic rings. The van der Waals surface area contributed by atoms with E-state index in [1.165, 1.54) is 25.0 Å². The van der Waals surface area contributed by atoms with Crippen LogP contribution in [0.2, 0.25) is 0 Å². The molecule has 0 bridgehead atoms. The minimum absolute atomic E-state index is 0.221. The van der Waals surface area contributed by atoms with Crippen molar-refractivity contribution in [2.45, 2.75) is 42.8 Å². The molecule has 0 aliphatic carbocycles. The van der Waals surface area contributed by atoms with Crippen LogP contribution in [0.15, 0.2) is 29.2 Å². The van der Waals surface area contributed by atoms with Crippen molar-refractivity contribution in [3.63, 3.8) is 0 Å². The molecule has 1 heterocycles. The second kappa shape index (κ2) is 7.36. The zero-order chi connectivity index (χ0) is 14.4. The Bertz CT molecular complexity index is 505. The molecular formula is C15H23NO2S2. The molecule has 1 aliphatic heterocycles. The molecule has 20 heavy (non-hydrogen) atoms. The largest absolute Gasteiger partial charge is 0.384 e. The Morgan fingerprint density at radius 1 is 1.25 bits per heavy atom. The number of nitrogens with one attached hydrogen (secondary N) is 1. The highest BCUT2D eigenvalue weighted by Crippen LogP contribution is 2.25. The van der Waals surface area contributed by atoms with E-state index in [9.17, 15) is 8.42 Å². The van der Waals surface area contributed by atoms with Gasteiger partial charge in [0.15, 0.2) is 9.84 Å². The van der Waals surface area contributed by atoms with Gasteiger partial charge in [-0.1, -0.05) is 13.3 Å². The summed E-state index contributed by atoms with van der Waals surface area (Å²) in [4.78, 5) is 0.428. The van der Waals surface area contributed by atoms with Crippen LogP contribution in [0.3, 0.4) is 0 Å². The molecule has 1 atom stereocenters. The number of benzene rings is 1. The lowest BCUT2D eigenvalue weighted by Crippen LogP contribution is -2.19. The molecule has 0 radical (unpaired) electrons. The number of thioether (sulfide) groups is 1. The fourth-order valence-corrected chi connectivity index (χ4v) is 4.93. The summed E-state index contributed by atoms with van der Waals surface area (Å²) in [5.41, 5.74) is 1.01. The highest BCUT2D eigenvalue weighted by molar-refractivity contribution is 8.00. The monoisotopic (exact) mass is 313 g/mol. The number of hydrogen-bond donors (Lipinski definition) is 1. The molecule has 112 valence electrons. The van der Waals surface area contributed by atoms with E-state index >= 15 is 0 Å². The van der Waals surface area contributed by atoms with Crippen LogP contribution in [0.5, 0.6) is 0 Å². The molecule has 1 saturated heterocycles. The summed E-state index contributed by atoms with van der Waals surface area (Å²) in [5.74, 6) is 1.49. The molecule has 0 saturated carbocycles. The average molecular weight is 313 g/mol. The van der Waals surface area contributed by atoms with Crippen LogP contribution in [-0.2, 0) is 9.84 Å². The molecule has 1 aromatic rings. The van der Waals surface area contributed by atoms with E-state index in [0.717, 1.165) is 12.2 Å². The maximum absolute atomic E-state index is 11.9. The van der Waals surface area contributed by atoms with Gasteiger partial charge in [-0.2, -0.15) is 11.8 Å². The van der Waals surface area contributed by atoms with E-state index in [1.807, 2.05) is 30.8 Å². The van der Waals surface area contributed by atoms with Gasteiger partial charge >= 0.3 is 0 Å². The van der Waals surface area contributed by atoms with Crippen LogP contribution in [0, 0.1) is 0 Å². The average Bonchev–Trinajstić information content (AvgIpc) is 2.47. The summed E-state index contributed by atoms with van der Waals surface area (Å²) in [7, 11) is -3.09. The lowest BCUT2D eigenvalue weighted by atomic mass is 10.2. The summed E-state index contributed by atoms with van der Waals surface area (Å²) in [6.45, 7) is 2.85. The van der Waals surface area contributed by atoms with Crippen LogP contribution < -0.4 is 5.32 Å². The second-order valence-electron chi connectivity index (χ2n) is 5.21. The van der Waals surface area contributed by atoms with Crippen molar-refractivity contribution in [3.05, 3.63) is 24.3 Å². The van der Waals surface area contributed by atoms with E-state index in [1.54, 1.807) is 12.1 Å². The first-order chi connectivity index (χ1) is 9.62. The lowest BCUT2D eigenvalue weighted by molar-refractivity contribution is 0.595. The second-order valence-corrected chi connectivity index (χ2v) is 8.73. The van der Waals surface area contributed by atoms with Gasteiger partial charge in [0.1, 0.15) is 0 Å². The summed E-state index contributed by atoms with van der Waals surface area (Å²) < 4.78 is 23.8. The Morgan fingerprint density at radius 3 is 2.60 bits per heavy atom. The first-order valence-electron chi connectivity index (χ1n) is 7.30. The first-order valence-corrected chi connectivity index (χ1v) is 10.0. The van der Waals surface area contributed by atoms with E-state index in [2.05, 4.69) is 5.32 Å². The third kappa shape index (κ3) is 4.42. The van der Waals surface area contributed by atoms with Crippen LogP contribution >= 0.6 is 11.8 Å². The number of sulfone groups is 1. The van der Waals surface area contributed by atoms with Crippen molar-refractivity contribution in [2.24, 2.45) is 0 Å². The highest BCUT2D eigenvalue weighted by Gasteiger charge is 2.14. The predicted octanol–water partition coefficient (Wildman–Crippen LogP) is 3.57. The quantitative estimate of drug-likeness (QED) is 0.872. The van der Waals surface area contributed by atoms with E-state index in [4.69, 9.17) is 0 Å². The van der Waals surface area contributed by atoms with Crippen molar-refractivity contribution in [2.75, 3.05) is 23.4 Å². The molecule has 0 aromatic heterocycles. The van der Waals surface area contributed by atoms with Crippen LogP contribution in [-0.4, -0.2) is 31.7 Å². The Kier molecular flexibility index (Phi) is 5.78. The van der Waals surface area contributed by atoms with Gasteiger partial charge < -0.3 is 5.32 Å². The lowest BCUT2D eigenvalue weighted by Gasteiger charge is -2.22. The van der Waals surface area contributed by atoms with Crippen LogP contribution in [0.25, 0.3) is 0 Å². The fourth-order valence-electron chi connectivity index (χ4n) is 2.37. The Morgan fingerprint density at radius 2 is 2.00 bits per heavy atom. The molecule has 3 nitrogen and oxygen atoms in total. The van der Waals surface area contributed by atoms with Gasteiger partial charge in [0.05, 0.1) is 10.6 Å². The smallest absolute Gasteiger partial charge is 0.178 e. The minimum atomic E-state index is -3.09. The van der Waals surface area contributed by atoms with Crippen molar-refractivity contribution in [1.29, 1.82) is 0 Å². The van der Waals surface area contributed by atoms with Gasteiger partial charge in [-0.15, -0.1) is 0 Å². The van der Waals surface area contributed by atoms with E-state index in [0.29, 0.717) is 16.6 Å². The van der Waals surface area contributed by atoms with Gasteiger partial charge in [0, 0.05) is 17.5 Å². The molecule has 5 heteroatoms. The highest BCUT2D eigenvalue weighted by atomic mass is 32.2. The standard InChI is InChI=1S/C15H23NO2S2/c1-2-11-20(17,18)15-8-6-13(7-9-15)16-12-14-5-3-4-10-19-14/h6-9,14,16H,2-5,10-12H2,1H3. The molecule has 0 spiro atoms. The Balaban J connectivity index is 1.91. The topological polar surface area (TPSA) is 46.2 Å².